The van der Waals surface area contributed by atoms with Crippen molar-refractivity contribution < 1.29 is 14.0 Å². The lowest BCUT2D eigenvalue weighted by Gasteiger charge is -2.20. The van der Waals surface area contributed by atoms with E-state index in [0.717, 1.165) is 0 Å². The fourth-order valence-corrected chi connectivity index (χ4v) is 2.20. The van der Waals surface area contributed by atoms with E-state index in [-0.39, 0.29) is 23.3 Å². The van der Waals surface area contributed by atoms with Crippen LogP contribution in [-0.2, 0) is 0 Å². The minimum atomic E-state index is -0.377. The number of carbonyl (C=O) groups is 2. The predicted octanol–water partition coefficient (Wildman–Crippen LogP) is 2.85. The van der Waals surface area contributed by atoms with Gasteiger partial charge in [-0.2, -0.15) is 4.98 Å². The second-order valence-electron chi connectivity index (χ2n) is 6.72. The van der Waals surface area contributed by atoms with Gasteiger partial charge in [-0.05, 0) is 57.2 Å². The van der Waals surface area contributed by atoms with Gasteiger partial charge >= 0.3 is 0 Å². The van der Waals surface area contributed by atoms with Crippen molar-refractivity contribution in [1.82, 2.24) is 20.5 Å². The van der Waals surface area contributed by atoms with Crippen LogP contribution in [0, 0.1) is 0 Å². The van der Waals surface area contributed by atoms with Crippen LogP contribution >= 0.6 is 0 Å². The first kappa shape index (κ1) is 17.4. The van der Waals surface area contributed by atoms with Crippen molar-refractivity contribution in [2.45, 2.75) is 26.3 Å². The number of rotatable bonds is 4. The molecule has 0 radical (unpaired) electrons. The third kappa shape index (κ3) is 4.15. The smallest absolute Gasteiger partial charge is 0.258 e. The maximum atomic E-state index is 12.3. The summed E-state index contributed by atoms with van der Waals surface area (Å²) in [5.74, 6) is 0.502. The van der Waals surface area contributed by atoms with E-state index in [9.17, 15) is 9.59 Å². The monoisotopic (exact) mass is 353 g/mol. The average Bonchev–Trinajstić information content (AvgIpc) is 3.24. The molecule has 8 nitrogen and oxygen atoms in total. The summed E-state index contributed by atoms with van der Waals surface area (Å²) in [6.07, 6.45) is 1.52. The zero-order valence-corrected chi connectivity index (χ0v) is 14.7. The first-order valence-corrected chi connectivity index (χ1v) is 8.02. The Morgan fingerprint density at radius 3 is 2.27 bits per heavy atom. The van der Waals surface area contributed by atoms with E-state index >= 15 is 0 Å². The first-order chi connectivity index (χ1) is 12.3. The fourth-order valence-electron chi connectivity index (χ4n) is 2.20. The highest BCUT2D eigenvalue weighted by Gasteiger charge is 2.16. The number of hydrogen-bond acceptors (Lipinski definition) is 5. The maximum Gasteiger partial charge on any atom is 0.258 e. The minimum Gasteiger partial charge on any atom is -0.461 e. The summed E-state index contributed by atoms with van der Waals surface area (Å²) in [7, 11) is 0. The van der Waals surface area contributed by atoms with Crippen molar-refractivity contribution in [2.75, 3.05) is 5.32 Å². The Labute approximate surface area is 150 Å². The highest BCUT2D eigenvalue weighted by Crippen LogP contribution is 2.16. The summed E-state index contributed by atoms with van der Waals surface area (Å²) in [6, 6.07) is 9.81. The van der Waals surface area contributed by atoms with Crippen molar-refractivity contribution >= 4 is 17.8 Å². The molecule has 1 aromatic carbocycles. The van der Waals surface area contributed by atoms with Crippen LogP contribution in [-0.4, -0.2) is 32.5 Å². The highest BCUT2D eigenvalue weighted by atomic mass is 16.3. The molecule has 2 amide bonds. The molecule has 0 bridgehead atoms. The minimum absolute atomic E-state index is 0.135. The lowest BCUT2D eigenvalue weighted by atomic mass is 10.1. The van der Waals surface area contributed by atoms with Gasteiger partial charge in [-0.15, -0.1) is 5.10 Å². The van der Waals surface area contributed by atoms with E-state index in [0.29, 0.717) is 22.7 Å². The van der Waals surface area contributed by atoms with Gasteiger partial charge in [0, 0.05) is 16.7 Å². The normalized spacial score (nSPS) is 11.2. The number of amides is 2. The highest BCUT2D eigenvalue weighted by molar-refractivity contribution is 6.04. The molecular formula is C18H19N5O3. The summed E-state index contributed by atoms with van der Waals surface area (Å²) in [4.78, 5) is 28.5. The summed E-state index contributed by atoms with van der Waals surface area (Å²) in [5, 5.41) is 12.1. The van der Waals surface area contributed by atoms with Crippen LogP contribution in [0.1, 0.15) is 41.5 Å². The van der Waals surface area contributed by atoms with E-state index in [1.165, 1.54) is 6.26 Å². The number of nitrogens with one attached hydrogen (secondary N) is 3. The number of aromatic amines is 1. The van der Waals surface area contributed by atoms with Crippen molar-refractivity contribution in [3.63, 3.8) is 0 Å². The van der Waals surface area contributed by atoms with Crippen molar-refractivity contribution in [3.05, 3.63) is 53.8 Å². The number of H-pyrrole nitrogens is 1. The summed E-state index contributed by atoms with van der Waals surface area (Å²) < 4.78 is 5.21. The Balaban J connectivity index is 1.66. The number of anilines is 1. The van der Waals surface area contributed by atoms with Crippen LogP contribution in [0.5, 0.6) is 0 Å². The Morgan fingerprint density at radius 2 is 1.69 bits per heavy atom. The van der Waals surface area contributed by atoms with Gasteiger partial charge in [0.15, 0.2) is 11.6 Å². The summed E-state index contributed by atoms with van der Waals surface area (Å²) in [6.45, 7) is 5.71. The van der Waals surface area contributed by atoms with Gasteiger partial charge in [-0.3, -0.25) is 20.0 Å². The van der Waals surface area contributed by atoms with Crippen molar-refractivity contribution in [1.29, 1.82) is 0 Å². The molecule has 0 atom stereocenters. The zero-order valence-electron chi connectivity index (χ0n) is 14.7. The average molecular weight is 353 g/mol. The predicted molar refractivity (Wildman–Crippen MR) is 95.7 cm³/mol. The van der Waals surface area contributed by atoms with E-state index in [2.05, 4.69) is 25.8 Å². The van der Waals surface area contributed by atoms with Crippen LogP contribution in [0.2, 0.25) is 0 Å². The van der Waals surface area contributed by atoms with E-state index < -0.39 is 0 Å². The van der Waals surface area contributed by atoms with E-state index in [4.69, 9.17) is 4.42 Å². The van der Waals surface area contributed by atoms with Gasteiger partial charge in [0.05, 0.1) is 6.26 Å². The van der Waals surface area contributed by atoms with Crippen LogP contribution in [0.25, 0.3) is 11.6 Å². The first-order valence-electron chi connectivity index (χ1n) is 8.02. The number of aromatic nitrogens is 3. The van der Waals surface area contributed by atoms with Crippen LogP contribution in [0.3, 0.4) is 0 Å². The van der Waals surface area contributed by atoms with Gasteiger partial charge in [0.25, 0.3) is 11.8 Å². The zero-order chi connectivity index (χ0) is 18.7. The molecule has 0 aliphatic rings. The third-order valence-corrected chi connectivity index (χ3v) is 3.36. The number of nitrogens with zero attached hydrogens (tertiary/aromatic N) is 2. The largest absolute Gasteiger partial charge is 0.461 e. The molecule has 0 fully saturated rings. The van der Waals surface area contributed by atoms with Gasteiger partial charge < -0.3 is 9.73 Å². The second kappa shape index (κ2) is 6.83. The lowest BCUT2D eigenvalue weighted by molar-refractivity contribution is 0.0918. The molecule has 0 aliphatic heterocycles. The molecule has 0 spiro atoms. The van der Waals surface area contributed by atoms with Gasteiger partial charge in [0.2, 0.25) is 5.95 Å². The quantitative estimate of drug-likeness (QED) is 0.667. The molecule has 0 unspecified atom stereocenters. The van der Waals surface area contributed by atoms with Gasteiger partial charge in [0.1, 0.15) is 0 Å². The van der Waals surface area contributed by atoms with Crippen LogP contribution in [0.4, 0.5) is 5.95 Å². The van der Waals surface area contributed by atoms with Crippen molar-refractivity contribution in [3.8, 4) is 11.6 Å². The number of hydrogen-bond donors (Lipinski definition) is 3. The molecule has 26 heavy (non-hydrogen) atoms. The number of benzene rings is 1. The molecule has 2 heterocycles. The summed E-state index contributed by atoms with van der Waals surface area (Å²) in [5.41, 5.74) is 0.543. The SMILES string of the molecule is CC(C)(C)NC(=O)c1ccc(C(=O)Nc2n[nH]c(-c3ccco3)n2)cc1. The van der Waals surface area contributed by atoms with E-state index in [1.54, 1.807) is 36.4 Å². The van der Waals surface area contributed by atoms with Gasteiger partial charge in [-0.1, -0.05) is 0 Å². The molecule has 0 aliphatic carbocycles. The molecule has 3 N–H and O–H groups in total. The molecule has 3 aromatic rings. The molecule has 0 saturated carbocycles. The van der Waals surface area contributed by atoms with Crippen molar-refractivity contribution in [2.24, 2.45) is 0 Å². The Morgan fingerprint density at radius 1 is 1.04 bits per heavy atom. The summed E-state index contributed by atoms with van der Waals surface area (Å²) >= 11 is 0. The van der Waals surface area contributed by atoms with Gasteiger partial charge in [-0.25, -0.2) is 0 Å². The lowest BCUT2D eigenvalue weighted by Crippen LogP contribution is -2.40. The maximum absolute atomic E-state index is 12.3. The second-order valence-corrected chi connectivity index (χ2v) is 6.72. The standard InChI is InChI=1S/C18H19N5O3/c1-18(2,3)21-16(25)12-8-6-11(7-9-12)15(24)20-17-19-14(22-23-17)13-5-4-10-26-13/h4-10H,1-3H3,(H,21,25)(H2,19,20,22,23,24). The molecular weight excluding hydrogens is 334 g/mol. The molecule has 2 aromatic heterocycles. The Bertz CT molecular complexity index is 905. The van der Waals surface area contributed by atoms with Crippen LogP contribution in [0.15, 0.2) is 47.1 Å². The number of furan rings is 1. The third-order valence-electron chi connectivity index (χ3n) is 3.36. The molecule has 0 saturated heterocycles. The molecule has 8 heteroatoms. The van der Waals surface area contributed by atoms with E-state index in [1.807, 2.05) is 20.8 Å². The Kier molecular flexibility index (Phi) is 4.57. The van der Waals surface area contributed by atoms with Crippen LogP contribution < -0.4 is 10.6 Å². The number of carbonyl (C=O) groups excluding carboxylic acids is 2. The topological polar surface area (TPSA) is 113 Å². The Hall–Kier alpha value is -3.42. The molecule has 3 rings (SSSR count). The fraction of sp³-hybridized carbons (Fsp3) is 0.222. The molecule has 134 valence electrons.